The second kappa shape index (κ2) is 13.2. The smallest absolute Gasteiger partial charge is 0.285 e. The SMILES string of the molecule is CCCCCCCCC(CCCc1c(F)cc(F)cc1F)C(OC)(OC)OC. The summed E-state index contributed by atoms with van der Waals surface area (Å²) >= 11 is 0. The van der Waals surface area contributed by atoms with E-state index in [4.69, 9.17) is 14.2 Å². The first-order valence-corrected chi connectivity index (χ1v) is 10.2. The monoisotopic (exact) mass is 404 g/mol. The predicted octanol–water partition coefficient (Wildman–Crippen LogP) is 6.39. The van der Waals surface area contributed by atoms with E-state index in [-0.39, 0.29) is 17.9 Å². The zero-order valence-electron chi connectivity index (χ0n) is 17.7. The van der Waals surface area contributed by atoms with Crippen molar-refractivity contribution >= 4 is 0 Å². The maximum atomic E-state index is 13.9. The Morgan fingerprint density at radius 1 is 0.786 bits per heavy atom. The molecule has 0 spiro atoms. The maximum Gasteiger partial charge on any atom is 0.285 e. The third-order valence-corrected chi connectivity index (χ3v) is 5.34. The lowest BCUT2D eigenvalue weighted by Crippen LogP contribution is -2.44. The van der Waals surface area contributed by atoms with E-state index in [9.17, 15) is 13.2 Å². The molecule has 0 amide bonds. The molecule has 1 unspecified atom stereocenters. The van der Waals surface area contributed by atoms with Gasteiger partial charge in [0, 0.05) is 44.9 Å². The molecule has 1 aromatic carbocycles. The summed E-state index contributed by atoms with van der Waals surface area (Å²) in [5, 5.41) is 0. The van der Waals surface area contributed by atoms with Crippen molar-refractivity contribution in [3.63, 3.8) is 0 Å². The summed E-state index contributed by atoms with van der Waals surface area (Å²) < 4.78 is 57.4. The molecule has 1 rings (SSSR count). The third kappa shape index (κ3) is 7.37. The van der Waals surface area contributed by atoms with Crippen LogP contribution in [0.1, 0.15) is 70.3 Å². The van der Waals surface area contributed by atoms with Gasteiger partial charge in [0.05, 0.1) is 0 Å². The Labute approximate surface area is 167 Å². The minimum atomic E-state index is -1.18. The third-order valence-electron chi connectivity index (χ3n) is 5.34. The van der Waals surface area contributed by atoms with Gasteiger partial charge in [0.15, 0.2) is 0 Å². The van der Waals surface area contributed by atoms with Crippen molar-refractivity contribution in [2.75, 3.05) is 21.3 Å². The lowest BCUT2D eigenvalue weighted by atomic mass is 9.91. The highest BCUT2D eigenvalue weighted by Crippen LogP contribution is 2.33. The van der Waals surface area contributed by atoms with Crippen LogP contribution in [0.15, 0.2) is 12.1 Å². The lowest BCUT2D eigenvalue weighted by Gasteiger charge is -2.36. The van der Waals surface area contributed by atoms with Gasteiger partial charge in [-0.25, -0.2) is 13.2 Å². The molecule has 0 aliphatic carbocycles. The van der Waals surface area contributed by atoms with Crippen LogP contribution < -0.4 is 0 Å². The molecule has 0 fully saturated rings. The quantitative estimate of drug-likeness (QED) is 0.250. The first-order valence-electron chi connectivity index (χ1n) is 10.2. The van der Waals surface area contributed by atoms with Crippen molar-refractivity contribution < 1.29 is 27.4 Å². The molecule has 28 heavy (non-hydrogen) atoms. The topological polar surface area (TPSA) is 27.7 Å². The van der Waals surface area contributed by atoms with Crippen molar-refractivity contribution in [3.8, 4) is 0 Å². The number of ether oxygens (including phenoxy) is 3. The summed E-state index contributed by atoms with van der Waals surface area (Å²) in [6.45, 7) is 2.19. The summed E-state index contributed by atoms with van der Waals surface area (Å²) in [6, 6.07) is 1.44. The second-order valence-corrected chi connectivity index (χ2v) is 7.21. The van der Waals surface area contributed by atoms with Crippen LogP contribution in [-0.2, 0) is 20.6 Å². The van der Waals surface area contributed by atoms with E-state index in [1.165, 1.54) is 47.0 Å². The molecule has 0 aliphatic rings. The number of rotatable bonds is 15. The average molecular weight is 405 g/mol. The fourth-order valence-corrected chi connectivity index (χ4v) is 3.76. The van der Waals surface area contributed by atoms with Crippen LogP contribution in [0.4, 0.5) is 13.2 Å². The van der Waals surface area contributed by atoms with E-state index in [0.717, 1.165) is 31.4 Å². The van der Waals surface area contributed by atoms with Crippen LogP contribution in [0.5, 0.6) is 0 Å². The Bertz CT molecular complexity index is 531. The molecule has 0 aliphatic heterocycles. The summed E-state index contributed by atoms with van der Waals surface area (Å²) in [7, 11) is 4.58. The molecule has 0 N–H and O–H groups in total. The fraction of sp³-hybridized carbons (Fsp3) is 0.727. The summed E-state index contributed by atoms with van der Waals surface area (Å²) in [5.41, 5.74) is -0.0856. The molecule has 0 bridgehead atoms. The Kier molecular flexibility index (Phi) is 11.7. The van der Waals surface area contributed by atoms with Gasteiger partial charge in [0.1, 0.15) is 17.5 Å². The molecular weight excluding hydrogens is 369 g/mol. The Morgan fingerprint density at radius 2 is 1.29 bits per heavy atom. The molecule has 0 saturated heterocycles. The molecular formula is C22H35F3O3. The summed E-state index contributed by atoms with van der Waals surface area (Å²) in [4.78, 5) is 0. The zero-order valence-corrected chi connectivity index (χ0v) is 17.7. The fourth-order valence-electron chi connectivity index (χ4n) is 3.76. The second-order valence-electron chi connectivity index (χ2n) is 7.21. The number of hydrogen-bond donors (Lipinski definition) is 0. The number of methoxy groups -OCH3 is 3. The molecule has 6 heteroatoms. The Hall–Kier alpha value is -1.11. The van der Waals surface area contributed by atoms with E-state index < -0.39 is 23.4 Å². The molecule has 162 valence electrons. The van der Waals surface area contributed by atoms with E-state index in [1.807, 2.05) is 0 Å². The van der Waals surface area contributed by atoms with E-state index in [0.29, 0.717) is 12.8 Å². The lowest BCUT2D eigenvalue weighted by molar-refractivity contribution is -0.380. The van der Waals surface area contributed by atoms with Crippen LogP contribution in [0.3, 0.4) is 0 Å². The largest absolute Gasteiger partial charge is 0.331 e. The van der Waals surface area contributed by atoms with Gasteiger partial charge in [-0.3, -0.25) is 0 Å². The highest BCUT2D eigenvalue weighted by Gasteiger charge is 2.39. The maximum absolute atomic E-state index is 13.9. The summed E-state index contributed by atoms with van der Waals surface area (Å²) in [6.07, 6.45) is 9.12. The predicted molar refractivity (Wildman–Crippen MR) is 104 cm³/mol. The van der Waals surface area contributed by atoms with Gasteiger partial charge in [-0.1, -0.05) is 45.4 Å². The van der Waals surface area contributed by atoms with Gasteiger partial charge in [0.25, 0.3) is 5.97 Å². The average Bonchev–Trinajstić information content (AvgIpc) is 2.67. The highest BCUT2D eigenvalue weighted by atomic mass is 19.1. The molecule has 1 atom stereocenters. The Morgan fingerprint density at radius 3 is 1.82 bits per heavy atom. The van der Waals surface area contributed by atoms with Crippen LogP contribution in [0, 0.1) is 23.4 Å². The first kappa shape index (κ1) is 24.9. The number of hydrogen-bond acceptors (Lipinski definition) is 3. The molecule has 0 radical (unpaired) electrons. The normalized spacial score (nSPS) is 13.1. The summed E-state index contributed by atoms with van der Waals surface area (Å²) in [5.74, 6) is -3.85. The number of halogens is 3. The van der Waals surface area contributed by atoms with E-state index in [2.05, 4.69) is 6.92 Å². The van der Waals surface area contributed by atoms with Crippen LogP contribution in [0.25, 0.3) is 0 Å². The highest BCUT2D eigenvalue weighted by molar-refractivity contribution is 5.20. The molecule has 0 heterocycles. The van der Waals surface area contributed by atoms with Gasteiger partial charge >= 0.3 is 0 Å². The molecule has 0 saturated carbocycles. The standard InChI is InChI=1S/C22H35F3O3/c1-5-6-7-8-9-10-12-17(22(26-2,27-3)28-4)13-11-14-19-20(24)15-18(23)16-21(19)25/h15-17H,5-14H2,1-4H3. The van der Waals surface area contributed by atoms with Gasteiger partial charge in [0.2, 0.25) is 0 Å². The van der Waals surface area contributed by atoms with Crippen molar-refractivity contribution in [2.24, 2.45) is 5.92 Å². The van der Waals surface area contributed by atoms with Gasteiger partial charge < -0.3 is 14.2 Å². The number of unbranched alkanes of at least 4 members (excludes halogenated alkanes) is 5. The van der Waals surface area contributed by atoms with Crippen LogP contribution in [0.2, 0.25) is 0 Å². The molecule has 0 aromatic heterocycles. The van der Waals surface area contributed by atoms with Gasteiger partial charge in [-0.05, 0) is 25.7 Å². The van der Waals surface area contributed by atoms with Crippen molar-refractivity contribution in [1.29, 1.82) is 0 Å². The molecule has 3 nitrogen and oxygen atoms in total. The minimum absolute atomic E-state index is 0.0785. The molecule has 1 aromatic rings. The number of benzene rings is 1. The minimum Gasteiger partial charge on any atom is -0.331 e. The van der Waals surface area contributed by atoms with Crippen molar-refractivity contribution in [3.05, 3.63) is 35.1 Å². The van der Waals surface area contributed by atoms with Crippen LogP contribution in [-0.4, -0.2) is 27.3 Å². The zero-order chi connectivity index (χ0) is 21.0. The van der Waals surface area contributed by atoms with Crippen molar-refractivity contribution in [1.82, 2.24) is 0 Å². The van der Waals surface area contributed by atoms with Crippen LogP contribution >= 0.6 is 0 Å². The Balaban J connectivity index is 2.69. The first-order chi connectivity index (χ1) is 13.4. The van der Waals surface area contributed by atoms with E-state index in [1.54, 1.807) is 0 Å². The van der Waals surface area contributed by atoms with Crippen molar-refractivity contribution in [2.45, 2.75) is 77.1 Å². The van der Waals surface area contributed by atoms with E-state index >= 15 is 0 Å². The van der Waals surface area contributed by atoms with Gasteiger partial charge in [-0.15, -0.1) is 0 Å². The van der Waals surface area contributed by atoms with Gasteiger partial charge in [-0.2, -0.15) is 0 Å².